The van der Waals surface area contributed by atoms with Crippen molar-refractivity contribution >= 4 is 15.5 Å². The minimum absolute atomic E-state index is 0.144. The average molecular weight is 281 g/mol. The predicted molar refractivity (Wildman–Crippen MR) is 70.2 cm³/mol. The molecule has 2 aromatic rings. The van der Waals surface area contributed by atoms with Crippen molar-refractivity contribution in [2.24, 2.45) is 0 Å². The fourth-order valence-corrected chi connectivity index (χ4v) is 3.93. The molecule has 0 amide bonds. The van der Waals surface area contributed by atoms with Crippen molar-refractivity contribution in [2.45, 2.75) is 18.8 Å². The molecule has 19 heavy (non-hydrogen) atoms. The lowest BCUT2D eigenvalue weighted by molar-refractivity contribution is 0.411. The van der Waals surface area contributed by atoms with Crippen LogP contribution >= 0.6 is 0 Å². The first kappa shape index (κ1) is 12.4. The second-order valence-corrected chi connectivity index (χ2v) is 7.09. The number of nitrogens with zero attached hydrogens (tertiary/aromatic N) is 3. The predicted octanol–water partition coefficient (Wildman–Crippen LogP) is 1.03. The van der Waals surface area contributed by atoms with Gasteiger partial charge >= 0.3 is 0 Å². The maximum Gasteiger partial charge on any atom is 0.161 e. The van der Waals surface area contributed by atoms with Gasteiger partial charge in [0.15, 0.2) is 5.65 Å². The highest BCUT2D eigenvalue weighted by molar-refractivity contribution is 7.91. The van der Waals surface area contributed by atoms with E-state index in [-0.39, 0.29) is 17.4 Å². The van der Waals surface area contributed by atoms with Crippen LogP contribution in [0.15, 0.2) is 18.3 Å². The van der Waals surface area contributed by atoms with E-state index in [9.17, 15) is 8.42 Å². The van der Waals surface area contributed by atoms with E-state index in [0.717, 1.165) is 17.2 Å². The smallest absolute Gasteiger partial charge is 0.161 e. The third kappa shape index (κ3) is 2.30. The Morgan fingerprint density at radius 1 is 1.26 bits per heavy atom. The fraction of sp³-hybridized carbons (Fsp3) is 0.500. The Bertz CT molecular complexity index is 694. The van der Waals surface area contributed by atoms with Crippen molar-refractivity contribution in [3.63, 3.8) is 0 Å². The van der Waals surface area contributed by atoms with E-state index in [1.807, 2.05) is 22.7 Å². The number of ether oxygens (including phenoxy) is 1. The van der Waals surface area contributed by atoms with Gasteiger partial charge in [-0.2, -0.15) is 0 Å². The quantitative estimate of drug-likeness (QED) is 0.822. The molecule has 3 rings (SSSR count). The first-order valence-corrected chi connectivity index (χ1v) is 8.00. The van der Waals surface area contributed by atoms with Gasteiger partial charge in [0.2, 0.25) is 0 Å². The molecule has 0 bridgehead atoms. The topological polar surface area (TPSA) is 73.6 Å². The summed E-state index contributed by atoms with van der Waals surface area (Å²) in [5.74, 6) is 2.17. The summed E-state index contributed by atoms with van der Waals surface area (Å²) in [7, 11) is -1.25. The van der Waals surface area contributed by atoms with Crippen LogP contribution in [0, 0.1) is 0 Å². The zero-order valence-electron chi connectivity index (χ0n) is 10.6. The highest BCUT2D eigenvalue weighted by Gasteiger charge is 2.27. The summed E-state index contributed by atoms with van der Waals surface area (Å²) >= 11 is 0. The molecule has 1 aliphatic rings. The zero-order chi connectivity index (χ0) is 13.5. The van der Waals surface area contributed by atoms with Crippen molar-refractivity contribution in [1.29, 1.82) is 0 Å². The SMILES string of the molecule is COc1ccc2nnc(C3CCS(=O)(=O)CC3)n2c1. The molecule has 0 unspecified atom stereocenters. The average Bonchev–Trinajstić information content (AvgIpc) is 2.81. The third-order valence-corrected chi connectivity index (χ3v) is 5.27. The number of fused-ring (bicyclic) bond motifs is 1. The summed E-state index contributed by atoms with van der Waals surface area (Å²) in [6, 6.07) is 3.67. The molecule has 0 spiro atoms. The molecule has 2 aromatic heterocycles. The van der Waals surface area contributed by atoms with Crippen molar-refractivity contribution in [3.8, 4) is 5.75 Å². The zero-order valence-corrected chi connectivity index (χ0v) is 11.4. The summed E-state index contributed by atoms with van der Waals surface area (Å²) in [6.07, 6.45) is 3.06. The van der Waals surface area contributed by atoms with Crippen LogP contribution in [0.3, 0.4) is 0 Å². The van der Waals surface area contributed by atoms with E-state index in [4.69, 9.17) is 4.74 Å². The highest BCUT2D eigenvalue weighted by Crippen LogP contribution is 2.28. The number of hydrogen-bond acceptors (Lipinski definition) is 5. The van der Waals surface area contributed by atoms with E-state index in [0.29, 0.717) is 12.8 Å². The van der Waals surface area contributed by atoms with E-state index in [2.05, 4.69) is 10.2 Å². The molecule has 0 saturated carbocycles. The summed E-state index contributed by atoms with van der Waals surface area (Å²) in [5, 5.41) is 8.32. The molecule has 3 heterocycles. The normalized spacial score (nSPS) is 19.6. The van der Waals surface area contributed by atoms with Gasteiger partial charge in [-0.3, -0.25) is 4.40 Å². The van der Waals surface area contributed by atoms with Gasteiger partial charge in [-0.15, -0.1) is 10.2 Å². The van der Waals surface area contributed by atoms with Crippen molar-refractivity contribution < 1.29 is 13.2 Å². The van der Waals surface area contributed by atoms with Gasteiger partial charge in [0.1, 0.15) is 21.4 Å². The Hall–Kier alpha value is -1.63. The van der Waals surface area contributed by atoms with Crippen LogP contribution in [-0.2, 0) is 9.84 Å². The monoisotopic (exact) mass is 281 g/mol. The number of pyridine rings is 1. The number of hydrogen-bond donors (Lipinski definition) is 0. The number of methoxy groups -OCH3 is 1. The second-order valence-electron chi connectivity index (χ2n) is 4.78. The number of aromatic nitrogens is 3. The molecule has 1 fully saturated rings. The lowest BCUT2D eigenvalue weighted by Gasteiger charge is -2.20. The van der Waals surface area contributed by atoms with Crippen LogP contribution in [0.1, 0.15) is 24.6 Å². The van der Waals surface area contributed by atoms with Gasteiger partial charge in [-0.1, -0.05) is 0 Å². The first-order valence-electron chi connectivity index (χ1n) is 6.18. The summed E-state index contributed by atoms with van der Waals surface area (Å²) < 4.78 is 30.0. The van der Waals surface area contributed by atoms with Gasteiger partial charge < -0.3 is 4.74 Å². The molecule has 102 valence electrons. The number of rotatable bonds is 2. The van der Waals surface area contributed by atoms with Crippen LogP contribution in [0.4, 0.5) is 0 Å². The fourth-order valence-electron chi connectivity index (χ4n) is 2.44. The van der Waals surface area contributed by atoms with Crippen LogP contribution in [0.5, 0.6) is 5.75 Å². The van der Waals surface area contributed by atoms with Gasteiger partial charge in [0.25, 0.3) is 0 Å². The highest BCUT2D eigenvalue weighted by atomic mass is 32.2. The Kier molecular flexibility index (Phi) is 2.93. The summed E-state index contributed by atoms with van der Waals surface area (Å²) in [4.78, 5) is 0. The summed E-state index contributed by atoms with van der Waals surface area (Å²) in [5.41, 5.74) is 0.754. The number of sulfone groups is 1. The minimum atomic E-state index is -2.85. The Morgan fingerprint density at radius 2 is 2.00 bits per heavy atom. The molecule has 0 atom stereocenters. The molecule has 6 nitrogen and oxygen atoms in total. The van der Waals surface area contributed by atoms with Gasteiger partial charge in [-0.05, 0) is 25.0 Å². The lowest BCUT2D eigenvalue weighted by atomic mass is 10.0. The van der Waals surface area contributed by atoms with Crippen molar-refractivity contribution in [1.82, 2.24) is 14.6 Å². The van der Waals surface area contributed by atoms with Crippen molar-refractivity contribution in [2.75, 3.05) is 18.6 Å². The second kappa shape index (κ2) is 4.48. The van der Waals surface area contributed by atoms with Crippen LogP contribution in [0.2, 0.25) is 0 Å². The van der Waals surface area contributed by atoms with E-state index in [1.54, 1.807) is 7.11 Å². The maximum absolute atomic E-state index is 11.5. The molecule has 0 radical (unpaired) electrons. The Labute approximate surface area is 111 Å². The van der Waals surface area contributed by atoms with Crippen molar-refractivity contribution in [3.05, 3.63) is 24.2 Å². The maximum atomic E-state index is 11.5. The van der Waals surface area contributed by atoms with Gasteiger partial charge in [-0.25, -0.2) is 8.42 Å². The Morgan fingerprint density at radius 3 is 2.68 bits per heavy atom. The van der Waals surface area contributed by atoms with Crippen LogP contribution in [-0.4, -0.2) is 41.6 Å². The van der Waals surface area contributed by atoms with Gasteiger partial charge in [0, 0.05) is 5.92 Å². The first-order chi connectivity index (χ1) is 9.09. The third-order valence-electron chi connectivity index (χ3n) is 3.56. The molecule has 0 N–H and O–H groups in total. The molecule has 0 aliphatic carbocycles. The molecule has 1 saturated heterocycles. The van der Waals surface area contributed by atoms with Crippen LogP contribution in [0.25, 0.3) is 5.65 Å². The van der Waals surface area contributed by atoms with E-state index >= 15 is 0 Å². The summed E-state index contributed by atoms with van der Waals surface area (Å²) in [6.45, 7) is 0. The molecular weight excluding hydrogens is 266 g/mol. The van der Waals surface area contributed by atoms with Gasteiger partial charge in [0.05, 0.1) is 24.8 Å². The standard InChI is InChI=1S/C12H15N3O3S/c1-18-10-2-3-11-13-14-12(15(11)8-10)9-4-6-19(16,17)7-5-9/h2-3,8-9H,4-7H2,1H3. The van der Waals surface area contributed by atoms with E-state index in [1.165, 1.54) is 0 Å². The molecule has 0 aromatic carbocycles. The minimum Gasteiger partial charge on any atom is -0.495 e. The molecule has 7 heteroatoms. The lowest BCUT2D eigenvalue weighted by Crippen LogP contribution is -2.23. The largest absolute Gasteiger partial charge is 0.495 e. The molecule has 1 aliphatic heterocycles. The molecular formula is C12H15N3O3S. The Balaban J connectivity index is 1.97. The van der Waals surface area contributed by atoms with Crippen LogP contribution < -0.4 is 4.74 Å². The van der Waals surface area contributed by atoms with E-state index < -0.39 is 9.84 Å².